The highest BCUT2D eigenvalue weighted by Gasteiger charge is 2.22. The molecule has 2 N–H and O–H groups in total. The third-order valence-corrected chi connectivity index (χ3v) is 1.35. The summed E-state index contributed by atoms with van der Waals surface area (Å²) in [5, 5.41) is 2.84. The summed E-state index contributed by atoms with van der Waals surface area (Å²) in [5.74, 6) is 0. The van der Waals surface area contributed by atoms with E-state index in [2.05, 4.69) is 5.18 Å². The minimum absolute atomic E-state index is 0.167. The molecule has 0 amide bonds. The summed E-state index contributed by atoms with van der Waals surface area (Å²) in [6.07, 6.45) is 0. The van der Waals surface area contributed by atoms with Crippen LogP contribution in [0.1, 0.15) is 20.8 Å². The molecule has 0 aromatic carbocycles. The number of nitrogens with two attached hydrogens (primary N) is 1. The second-order valence-corrected chi connectivity index (χ2v) is 2.53. The van der Waals surface area contributed by atoms with Crippen LogP contribution in [-0.2, 0) is 0 Å². The fourth-order valence-corrected chi connectivity index (χ4v) is 0.0831. The Kier molecular flexibility index (Phi) is 2.10. The zero-order valence-corrected chi connectivity index (χ0v) is 5.51. The Hall–Kier alpha value is -0.440. The van der Waals surface area contributed by atoms with E-state index in [0.29, 0.717) is 0 Å². The average molecular weight is 116 g/mol. The maximum absolute atomic E-state index is 9.94. The van der Waals surface area contributed by atoms with E-state index in [1.165, 1.54) is 0 Å². The normalized spacial score (nSPS) is 15.5. The van der Waals surface area contributed by atoms with E-state index in [-0.39, 0.29) is 6.04 Å². The van der Waals surface area contributed by atoms with Crippen molar-refractivity contribution in [2.45, 2.75) is 32.4 Å². The molecule has 1 unspecified atom stereocenters. The Labute approximate surface area is 49.2 Å². The molecule has 0 saturated carbocycles. The molecule has 0 aliphatic carbocycles. The highest BCUT2D eigenvalue weighted by molar-refractivity contribution is 4.84. The second-order valence-electron chi connectivity index (χ2n) is 2.53. The van der Waals surface area contributed by atoms with Crippen LogP contribution in [0.25, 0.3) is 0 Å². The predicted molar refractivity (Wildman–Crippen MR) is 33.5 cm³/mol. The zero-order chi connectivity index (χ0) is 6.78. The third-order valence-electron chi connectivity index (χ3n) is 1.35. The molecule has 0 rings (SSSR count). The highest BCUT2D eigenvalue weighted by atomic mass is 16.3. The van der Waals surface area contributed by atoms with Crippen molar-refractivity contribution >= 4 is 0 Å². The van der Waals surface area contributed by atoms with Crippen molar-refractivity contribution in [3.8, 4) is 0 Å². The maximum Gasteiger partial charge on any atom is 0.112 e. The van der Waals surface area contributed by atoms with Crippen LogP contribution in [0.5, 0.6) is 0 Å². The lowest BCUT2D eigenvalue weighted by Gasteiger charge is -2.18. The Morgan fingerprint density at radius 3 is 2.00 bits per heavy atom. The van der Waals surface area contributed by atoms with Gasteiger partial charge in [0.25, 0.3) is 0 Å². The van der Waals surface area contributed by atoms with E-state index in [1.807, 2.05) is 0 Å². The van der Waals surface area contributed by atoms with E-state index < -0.39 is 5.54 Å². The monoisotopic (exact) mass is 116 g/mol. The van der Waals surface area contributed by atoms with Crippen LogP contribution >= 0.6 is 0 Å². The number of nitroso groups, excluding NO2 is 1. The van der Waals surface area contributed by atoms with Crippen molar-refractivity contribution in [1.82, 2.24) is 0 Å². The minimum atomic E-state index is -0.611. The first-order valence-corrected chi connectivity index (χ1v) is 2.61. The first-order valence-electron chi connectivity index (χ1n) is 2.61. The Bertz CT molecular complexity index is 88.4. The lowest BCUT2D eigenvalue weighted by atomic mass is 9.99. The largest absolute Gasteiger partial charge is 0.326 e. The van der Waals surface area contributed by atoms with Crippen LogP contribution < -0.4 is 5.73 Å². The molecule has 0 radical (unpaired) electrons. The molecule has 0 heterocycles. The van der Waals surface area contributed by atoms with E-state index in [1.54, 1.807) is 20.8 Å². The van der Waals surface area contributed by atoms with Gasteiger partial charge in [-0.05, 0) is 20.8 Å². The molecular formula is C5H12N2O. The van der Waals surface area contributed by atoms with Crippen LogP contribution in [0.3, 0.4) is 0 Å². The summed E-state index contributed by atoms with van der Waals surface area (Å²) in [6.45, 7) is 5.19. The zero-order valence-electron chi connectivity index (χ0n) is 5.51. The van der Waals surface area contributed by atoms with Gasteiger partial charge in [-0.15, -0.1) is 0 Å². The first kappa shape index (κ1) is 7.56. The standard InChI is InChI=1S/C5H12N2O/c1-4(6)5(2,3)7-8/h4H,6H2,1-3H3. The van der Waals surface area contributed by atoms with Crippen LogP contribution in [0.4, 0.5) is 0 Å². The first-order chi connectivity index (χ1) is 3.50. The van der Waals surface area contributed by atoms with Gasteiger partial charge in [0, 0.05) is 6.04 Å². The summed E-state index contributed by atoms with van der Waals surface area (Å²) in [4.78, 5) is 9.94. The van der Waals surface area contributed by atoms with Crippen molar-refractivity contribution in [2.75, 3.05) is 0 Å². The third kappa shape index (κ3) is 1.58. The van der Waals surface area contributed by atoms with Gasteiger partial charge >= 0.3 is 0 Å². The summed E-state index contributed by atoms with van der Waals surface area (Å²) in [5.41, 5.74) is 4.78. The van der Waals surface area contributed by atoms with Gasteiger partial charge in [0.2, 0.25) is 0 Å². The second kappa shape index (κ2) is 2.22. The van der Waals surface area contributed by atoms with E-state index in [4.69, 9.17) is 5.73 Å². The van der Waals surface area contributed by atoms with Gasteiger partial charge in [-0.3, -0.25) is 0 Å². The summed E-state index contributed by atoms with van der Waals surface area (Å²) < 4.78 is 0. The molecule has 3 nitrogen and oxygen atoms in total. The molecule has 0 aliphatic rings. The van der Waals surface area contributed by atoms with E-state index >= 15 is 0 Å². The van der Waals surface area contributed by atoms with Crippen molar-refractivity contribution in [2.24, 2.45) is 10.9 Å². The van der Waals surface area contributed by atoms with Gasteiger partial charge in [-0.1, -0.05) is 5.18 Å². The molecule has 3 heteroatoms. The molecule has 0 aromatic heterocycles. The predicted octanol–water partition coefficient (Wildman–Crippen LogP) is 0.879. The number of hydrogen-bond acceptors (Lipinski definition) is 3. The summed E-state index contributed by atoms with van der Waals surface area (Å²) in [7, 11) is 0. The quantitative estimate of drug-likeness (QED) is 0.544. The number of nitrogens with zero attached hydrogens (tertiary/aromatic N) is 1. The van der Waals surface area contributed by atoms with Crippen molar-refractivity contribution in [1.29, 1.82) is 0 Å². The van der Waals surface area contributed by atoms with Gasteiger partial charge in [-0.25, -0.2) is 0 Å². The lowest BCUT2D eigenvalue weighted by Crippen LogP contribution is -2.38. The van der Waals surface area contributed by atoms with Crippen molar-refractivity contribution in [3.05, 3.63) is 4.91 Å². The molecule has 1 atom stereocenters. The van der Waals surface area contributed by atoms with Crippen LogP contribution in [-0.4, -0.2) is 11.6 Å². The van der Waals surface area contributed by atoms with Crippen LogP contribution in [0, 0.1) is 4.91 Å². The Morgan fingerprint density at radius 1 is 1.62 bits per heavy atom. The Morgan fingerprint density at radius 2 is 2.00 bits per heavy atom. The van der Waals surface area contributed by atoms with E-state index in [9.17, 15) is 4.91 Å². The fraction of sp³-hybridized carbons (Fsp3) is 1.00. The van der Waals surface area contributed by atoms with Crippen LogP contribution in [0.2, 0.25) is 0 Å². The molecule has 0 saturated heterocycles. The smallest absolute Gasteiger partial charge is 0.112 e. The molecule has 0 spiro atoms. The summed E-state index contributed by atoms with van der Waals surface area (Å²) in [6, 6.07) is -0.167. The van der Waals surface area contributed by atoms with Gasteiger partial charge in [-0.2, -0.15) is 4.91 Å². The van der Waals surface area contributed by atoms with Crippen LogP contribution in [0.15, 0.2) is 5.18 Å². The molecule has 8 heavy (non-hydrogen) atoms. The van der Waals surface area contributed by atoms with Gasteiger partial charge in [0.15, 0.2) is 0 Å². The van der Waals surface area contributed by atoms with Gasteiger partial charge in [0.05, 0.1) is 0 Å². The molecule has 48 valence electrons. The topological polar surface area (TPSA) is 55.4 Å². The van der Waals surface area contributed by atoms with Gasteiger partial charge < -0.3 is 5.73 Å². The summed E-state index contributed by atoms with van der Waals surface area (Å²) >= 11 is 0. The minimum Gasteiger partial charge on any atom is -0.326 e. The molecule has 0 bridgehead atoms. The average Bonchev–Trinajstić information content (AvgIpc) is 1.67. The van der Waals surface area contributed by atoms with E-state index in [0.717, 1.165) is 0 Å². The van der Waals surface area contributed by atoms with Crippen molar-refractivity contribution < 1.29 is 0 Å². The number of rotatable bonds is 2. The SMILES string of the molecule is CC(N)C(C)(C)N=O. The fourth-order valence-electron chi connectivity index (χ4n) is 0.0831. The molecule has 0 fully saturated rings. The number of hydrogen-bond donors (Lipinski definition) is 1. The molecular weight excluding hydrogens is 104 g/mol. The molecule has 0 aliphatic heterocycles. The van der Waals surface area contributed by atoms with Gasteiger partial charge in [0.1, 0.15) is 5.54 Å². The van der Waals surface area contributed by atoms with Crippen molar-refractivity contribution in [3.63, 3.8) is 0 Å². The highest BCUT2D eigenvalue weighted by Crippen LogP contribution is 2.10. The Balaban J connectivity index is 3.90. The maximum atomic E-state index is 9.94. The molecule has 0 aromatic rings. The lowest BCUT2D eigenvalue weighted by molar-refractivity contribution is 0.432.